The first-order valence-electron chi connectivity index (χ1n) is 5.54. The molecule has 0 aromatic carbocycles. The number of halogens is 2. The van der Waals surface area contributed by atoms with Crippen LogP contribution >= 0.6 is 23.2 Å². The second-order valence-electron chi connectivity index (χ2n) is 4.26. The summed E-state index contributed by atoms with van der Waals surface area (Å²) in [7, 11) is 0. The van der Waals surface area contributed by atoms with Gasteiger partial charge in [-0.1, -0.05) is 0 Å². The molecule has 1 aromatic heterocycles. The number of alkyl halides is 2. The highest BCUT2D eigenvalue weighted by Crippen LogP contribution is 2.53. The first-order chi connectivity index (χ1) is 8.83. The number of carbonyl (C=O) groups excluding carboxylic acids is 1. The molecular weight excluding hydrogens is 297 g/mol. The fourth-order valence-corrected chi connectivity index (χ4v) is 2.17. The van der Waals surface area contributed by atoms with E-state index in [9.17, 15) is 14.9 Å². The van der Waals surface area contributed by atoms with Crippen LogP contribution < -0.4 is 0 Å². The lowest BCUT2D eigenvalue weighted by molar-refractivity contribution is -0.392. The molecule has 0 bridgehead atoms. The minimum Gasteiger partial charge on any atom is -0.461 e. The molecule has 104 valence electrons. The zero-order valence-electron chi connectivity index (χ0n) is 10.0. The van der Waals surface area contributed by atoms with E-state index in [-0.39, 0.29) is 19.0 Å². The summed E-state index contributed by atoms with van der Waals surface area (Å²) in [5, 5.41) is 10.7. The molecule has 19 heavy (non-hydrogen) atoms. The fourth-order valence-electron chi connectivity index (χ4n) is 1.69. The highest BCUT2D eigenvalue weighted by molar-refractivity contribution is 6.52. The average Bonchev–Trinajstić information content (AvgIpc) is 2.79. The standard InChI is InChI=1S/C10H11Cl2N3O4/c1-6-13-5-8(15(17)18)14(6)2-3-19-9(16)7-4-10(7,11)12/h5,7H,2-4H2,1H3. The maximum atomic E-state index is 11.5. The Morgan fingerprint density at radius 3 is 2.89 bits per heavy atom. The van der Waals surface area contributed by atoms with Gasteiger partial charge in [0.25, 0.3) is 0 Å². The van der Waals surface area contributed by atoms with E-state index in [1.807, 2.05) is 0 Å². The molecule has 1 saturated carbocycles. The molecule has 9 heteroatoms. The third-order valence-corrected chi connectivity index (χ3v) is 3.73. The van der Waals surface area contributed by atoms with E-state index in [1.54, 1.807) is 6.92 Å². The minimum absolute atomic E-state index is 0.0111. The summed E-state index contributed by atoms with van der Waals surface area (Å²) in [5.74, 6) is -0.637. The van der Waals surface area contributed by atoms with E-state index >= 15 is 0 Å². The van der Waals surface area contributed by atoms with Crippen LogP contribution in [0.25, 0.3) is 0 Å². The summed E-state index contributed by atoms with van der Waals surface area (Å²) in [6.07, 6.45) is 1.54. The minimum atomic E-state index is -1.02. The lowest BCUT2D eigenvalue weighted by Gasteiger charge is -2.05. The van der Waals surface area contributed by atoms with Crippen molar-refractivity contribution in [2.45, 2.75) is 24.2 Å². The zero-order valence-corrected chi connectivity index (χ0v) is 11.5. The van der Waals surface area contributed by atoms with Gasteiger partial charge in [-0.3, -0.25) is 4.79 Å². The van der Waals surface area contributed by atoms with Crippen molar-refractivity contribution < 1.29 is 14.5 Å². The summed E-state index contributed by atoms with van der Waals surface area (Å²) in [4.78, 5) is 25.5. The molecule has 1 aliphatic rings. The Morgan fingerprint density at radius 2 is 2.37 bits per heavy atom. The van der Waals surface area contributed by atoms with Crippen LogP contribution in [0.15, 0.2) is 6.20 Å². The van der Waals surface area contributed by atoms with Gasteiger partial charge in [0, 0.05) is 6.92 Å². The van der Waals surface area contributed by atoms with Gasteiger partial charge in [0.05, 0.1) is 5.92 Å². The molecule has 1 atom stereocenters. The number of ether oxygens (including phenoxy) is 1. The number of rotatable bonds is 5. The summed E-state index contributed by atoms with van der Waals surface area (Å²) in [6.45, 7) is 1.81. The summed E-state index contributed by atoms with van der Waals surface area (Å²) < 4.78 is 5.34. The number of aromatic nitrogens is 2. The Morgan fingerprint density at radius 1 is 1.74 bits per heavy atom. The maximum absolute atomic E-state index is 11.5. The molecule has 0 saturated heterocycles. The third kappa shape index (κ3) is 2.98. The van der Waals surface area contributed by atoms with Gasteiger partial charge in [0.15, 0.2) is 5.82 Å². The van der Waals surface area contributed by atoms with Crippen LogP contribution in [0.1, 0.15) is 12.2 Å². The van der Waals surface area contributed by atoms with Gasteiger partial charge in [0.2, 0.25) is 0 Å². The van der Waals surface area contributed by atoms with Crippen LogP contribution in [0.4, 0.5) is 5.82 Å². The van der Waals surface area contributed by atoms with Gasteiger partial charge in [0.1, 0.15) is 23.7 Å². The second-order valence-corrected chi connectivity index (χ2v) is 5.80. The second kappa shape index (κ2) is 4.97. The van der Waals surface area contributed by atoms with Crippen molar-refractivity contribution in [3.63, 3.8) is 0 Å². The molecule has 7 nitrogen and oxygen atoms in total. The molecule has 0 radical (unpaired) electrons. The molecule has 2 rings (SSSR count). The number of nitrogens with zero attached hydrogens (tertiary/aromatic N) is 3. The van der Waals surface area contributed by atoms with Gasteiger partial charge >= 0.3 is 11.8 Å². The Kier molecular flexibility index (Phi) is 3.69. The molecule has 1 unspecified atom stereocenters. The molecule has 1 aromatic rings. The topological polar surface area (TPSA) is 87.3 Å². The zero-order chi connectivity index (χ0) is 14.2. The molecule has 1 aliphatic carbocycles. The number of hydrogen-bond donors (Lipinski definition) is 0. The molecular formula is C10H11Cl2N3O4. The van der Waals surface area contributed by atoms with Crippen LogP contribution in [-0.4, -0.2) is 31.4 Å². The Labute approximate surface area is 118 Å². The largest absolute Gasteiger partial charge is 0.461 e. The first-order valence-corrected chi connectivity index (χ1v) is 6.29. The summed E-state index contributed by atoms with van der Waals surface area (Å²) in [5.41, 5.74) is 0. The molecule has 0 aliphatic heterocycles. The van der Waals surface area contributed by atoms with E-state index < -0.39 is 21.1 Å². The number of nitro groups is 1. The lowest BCUT2D eigenvalue weighted by Crippen LogP contribution is -2.16. The summed E-state index contributed by atoms with van der Waals surface area (Å²) in [6, 6.07) is 0. The molecule has 1 fully saturated rings. The molecule has 0 amide bonds. The quantitative estimate of drug-likeness (QED) is 0.358. The fraction of sp³-hybridized carbons (Fsp3) is 0.600. The van der Waals surface area contributed by atoms with E-state index in [0.29, 0.717) is 12.2 Å². The van der Waals surface area contributed by atoms with Crippen molar-refractivity contribution in [3.05, 3.63) is 22.1 Å². The van der Waals surface area contributed by atoms with E-state index in [0.717, 1.165) is 0 Å². The van der Waals surface area contributed by atoms with Gasteiger partial charge in [-0.25, -0.2) is 9.55 Å². The highest BCUT2D eigenvalue weighted by Gasteiger charge is 2.57. The van der Waals surface area contributed by atoms with Crippen molar-refractivity contribution >= 4 is 35.0 Å². The Hall–Kier alpha value is -1.34. The monoisotopic (exact) mass is 307 g/mol. The average molecular weight is 308 g/mol. The lowest BCUT2D eigenvalue weighted by atomic mass is 10.4. The number of hydrogen-bond acceptors (Lipinski definition) is 5. The molecule has 0 N–H and O–H groups in total. The number of aryl methyl sites for hydroxylation is 1. The molecule has 1 heterocycles. The maximum Gasteiger partial charge on any atom is 0.342 e. The van der Waals surface area contributed by atoms with Gasteiger partial charge in [-0.15, -0.1) is 23.2 Å². The van der Waals surface area contributed by atoms with Gasteiger partial charge < -0.3 is 14.9 Å². The van der Waals surface area contributed by atoms with Crippen molar-refractivity contribution in [1.29, 1.82) is 0 Å². The molecule has 0 spiro atoms. The summed E-state index contributed by atoms with van der Waals surface area (Å²) >= 11 is 11.5. The van der Waals surface area contributed by atoms with E-state index in [1.165, 1.54) is 10.8 Å². The van der Waals surface area contributed by atoms with Gasteiger partial charge in [-0.2, -0.15) is 0 Å². The number of imidazole rings is 1. The normalized spacial score (nSPS) is 20.1. The van der Waals surface area contributed by atoms with Crippen molar-refractivity contribution in [2.75, 3.05) is 6.61 Å². The van der Waals surface area contributed by atoms with Crippen molar-refractivity contribution in [3.8, 4) is 0 Å². The smallest absolute Gasteiger partial charge is 0.342 e. The third-order valence-electron chi connectivity index (χ3n) is 2.89. The predicted octanol–water partition coefficient (Wildman–Crippen LogP) is 1.84. The van der Waals surface area contributed by atoms with Crippen LogP contribution in [-0.2, 0) is 16.1 Å². The number of esters is 1. The number of carbonyl (C=O) groups is 1. The van der Waals surface area contributed by atoms with E-state index in [2.05, 4.69) is 4.98 Å². The SMILES string of the molecule is Cc1ncc([N+](=O)[O-])n1CCOC(=O)C1CC1(Cl)Cl. The van der Waals surface area contributed by atoms with Crippen LogP contribution in [0, 0.1) is 23.0 Å². The van der Waals surface area contributed by atoms with Crippen LogP contribution in [0.3, 0.4) is 0 Å². The van der Waals surface area contributed by atoms with E-state index in [4.69, 9.17) is 27.9 Å². The van der Waals surface area contributed by atoms with Crippen molar-refractivity contribution in [1.82, 2.24) is 9.55 Å². The van der Waals surface area contributed by atoms with Crippen molar-refractivity contribution in [2.24, 2.45) is 5.92 Å². The van der Waals surface area contributed by atoms with Gasteiger partial charge in [-0.05, 0) is 11.3 Å². The van der Waals surface area contributed by atoms with Crippen LogP contribution in [0.5, 0.6) is 0 Å². The first kappa shape index (κ1) is 14.1. The Balaban J connectivity index is 1.88. The Bertz CT molecular complexity index is 529. The highest BCUT2D eigenvalue weighted by atomic mass is 35.5. The van der Waals surface area contributed by atoms with Crippen LogP contribution in [0.2, 0.25) is 0 Å². The predicted molar refractivity (Wildman–Crippen MR) is 67.1 cm³/mol.